The number of rotatable bonds is 2. The summed E-state index contributed by atoms with van der Waals surface area (Å²) in [4.78, 5) is 37.2. The molecule has 0 aromatic carbocycles. The maximum Gasteiger partial charge on any atom is 0.303 e. The average Bonchev–Trinajstić information content (AvgIpc) is 2.65. The summed E-state index contributed by atoms with van der Waals surface area (Å²) in [6, 6.07) is 0. The van der Waals surface area contributed by atoms with Crippen LogP contribution < -0.4 is 0 Å². The number of fused-ring (bicyclic) bond motifs is 4. The highest BCUT2D eigenvalue weighted by molar-refractivity contribution is 5.93. The molecular formula is C24H34O8. The zero-order valence-corrected chi connectivity index (χ0v) is 19.5. The summed E-state index contributed by atoms with van der Waals surface area (Å²) in [5.74, 6) is -2.08. The molecule has 0 saturated heterocycles. The number of ether oxygens (including phenoxy) is 2. The first kappa shape index (κ1) is 24.6. The Bertz CT molecular complexity index is 884. The summed E-state index contributed by atoms with van der Waals surface area (Å²) in [5.41, 5.74) is -0.646. The highest BCUT2D eigenvalue weighted by Gasteiger charge is 2.56. The van der Waals surface area contributed by atoms with Gasteiger partial charge in [0.25, 0.3) is 0 Å². The summed E-state index contributed by atoms with van der Waals surface area (Å²) < 4.78 is 10.9. The van der Waals surface area contributed by atoms with Gasteiger partial charge in [0.15, 0.2) is 5.78 Å². The Balaban J connectivity index is 2.23. The minimum Gasteiger partial charge on any atom is -0.461 e. The number of hydrogen-bond acceptors (Lipinski definition) is 8. The minimum absolute atomic E-state index is 0.00471. The van der Waals surface area contributed by atoms with Gasteiger partial charge in [-0.1, -0.05) is 19.9 Å². The van der Waals surface area contributed by atoms with E-state index >= 15 is 0 Å². The molecule has 8 heteroatoms. The molecule has 0 aliphatic heterocycles. The maximum atomic E-state index is 13.8. The molecule has 1 fully saturated rings. The lowest BCUT2D eigenvalue weighted by molar-refractivity contribution is -0.165. The molecule has 0 aromatic heterocycles. The van der Waals surface area contributed by atoms with Crippen molar-refractivity contribution in [3.8, 4) is 0 Å². The van der Waals surface area contributed by atoms with Gasteiger partial charge in [0.2, 0.25) is 0 Å². The predicted molar refractivity (Wildman–Crippen MR) is 114 cm³/mol. The normalized spacial score (nSPS) is 39.2. The molecule has 8 nitrogen and oxygen atoms in total. The first-order valence-electron chi connectivity index (χ1n) is 11.0. The van der Waals surface area contributed by atoms with E-state index in [4.69, 9.17) is 9.47 Å². The second-order valence-corrected chi connectivity index (χ2v) is 10.2. The zero-order chi connectivity index (χ0) is 24.2. The van der Waals surface area contributed by atoms with Gasteiger partial charge in [-0.25, -0.2) is 0 Å². The highest BCUT2D eigenvalue weighted by atomic mass is 16.5. The van der Waals surface area contributed by atoms with E-state index in [-0.39, 0.29) is 12.8 Å². The number of Topliss-reactive ketones (excluding diaryl/α,β-unsaturated/α-hetero) is 1. The first-order valence-corrected chi connectivity index (χ1v) is 11.0. The van der Waals surface area contributed by atoms with Crippen LogP contribution in [-0.2, 0) is 23.9 Å². The van der Waals surface area contributed by atoms with E-state index in [1.807, 2.05) is 13.8 Å². The van der Waals surface area contributed by atoms with Gasteiger partial charge in [0.1, 0.15) is 18.3 Å². The molecule has 0 spiro atoms. The third-order valence-corrected chi connectivity index (χ3v) is 7.64. The molecular weight excluding hydrogens is 416 g/mol. The minimum atomic E-state index is -1.55. The third kappa shape index (κ3) is 4.04. The van der Waals surface area contributed by atoms with Crippen LogP contribution in [0.25, 0.3) is 0 Å². The monoisotopic (exact) mass is 450 g/mol. The van der Waals surface area contributed by atoms with Crippen molar-refractivity contribution in [2.75, 3.05) is 0 Å². The molecule has 3 N–H and O–H groups in total. The lowest BCUT2D eigenvalue weighted by Gasteiger charge is -2.50. The van der Waals surface area contributed by atoms with Gasteiger partial charge in [-0.2, -0.15) is 0 Å². The molecule has 0 heterocycles. The van der Waals surface area contributed by atoms with Crippen LogP contribution in [0.15, 0.2) is 22.8 Å². The fraction of sp³-hybridized carbons (Fsp3) is 0.708. The molecule has 3 rings (SSSR count). The third-order valence-electron chi connectivity index (χ3n) is 7.64. The molecule has 32 heavy (non-hydrogen) atoms. The Morgan fingerprint density at radius 3 is 2.19 bits per heavy atom. The zero-order valence-electron chi connectivity index (χ0n) is 19.5. The topological polar surface area (TPSA) is 130 Å². The summed E-state index contributed by atoms with van der Waals surface area (Å²) in [5, 5.41) is 33.3. The number of hydrogen-bond donors (Lipinski definition) is 3. The van der Waals surface area contributed by atoms with Crippen LogP contribution in [0.2, 0.25) is 0 Å². The van der Waals surface area contributed by atoms with E-state index in [0.717, 1.165) is 0 Å². The van der Waals surface area contributed by atoms with Crippen molar-refractivity contribution in [2.45, 2.75) is 91.3 Å². The standard InChI is InChI=1S/C24H34O8/c1-11-18(31-12(2)25)8-15-17(28)7-14-10-24(6,19(9-16(14)27)32-13(3)26)22(30)21(29)20(11)23(15,4)5/h7,15-19,21,27-29H,8-10H2,1-6H3. The quantitative estimate of drug-likeness (QED) is 0.427. The molecule has 7 unspecified atom stereocenters. The Labute approximate surface area is 188 Å². The van der Waals surface area contributed by atoms with Gasteiger partial charge in [0.05, 0.1) is 17.6 Å². The maximum absolute atomic E-state index is 13.8. The summed E-state index contributed by atoms with van der Waals surface area (Å²) >= 11 is 0. The lowest BCUT2D eigenvalue weighted by atomic mass is 9.57. The van der Waals surface area contributed by atoms with Crippen LogP contribution in [0.5, 0.6) is 0 Å². The first-order chi connectivity index (χ1) is 14.7. The number of carbonyl (C=O) groups excluding carboxylic acids is 3. The SMILES string of the molecule is CC(=O)OC1CC2C(O)C=C3CC(C)(C(=O)C(O)C(=C1C)C2(C)C)C(OC(C)=O)CC3O. The van der Waals surface area contributed by atoms with Crippen LogP contribution in [0.4, 0.5) is 0 Å². The van der Waals surface area contributed by atoms with Crippen LogP contribution in [0.1, 0.15) is 60.8 Å². The van der Waals surface area contributed by atoms with Gasteiger partial charge in [0, 0.05) is 26.2 Å². The molecule has 178 valence electrons. The van der Waals surface area contributed by atoms with Gasteiger partial charge < -0.3 is 24.8 Å². The smallest absolute Gasteiger partial charge is 0.303 e. The average molecular weight is 451 g/mol. The lowest BCUT2D eigenvalue weighted by Crippen LogP contribution is -2.56. The summed E-state index contributed by atoms with van der Waals surface area (Å²) in [6.45, 7) is 9.56. The Morgan fingerprint density at radius 2 is 1.62 bits per heavy atom. The van der Waals surface area contributed by atoms with E-state index in [2.05, 4.69) is 0 Å². The second kappa shape index (κ2) is 8.39. The van der Waals surface area contributed by atoms with Crippen molar-refractivity contribution < 1.29 is 39.2 Å². The predicted octanol–water partition coefficient (Wildman–Crippen LogP) is 1.60. The Kier molecular flexibility index (Phi) is 6.45. The Morgan fingerprint density at radius 1 is 1.03 bits per heavy atom. The van der Waals surface area contributed by atoms with Crippen LogP contribution in [0.3, 0.4) is 0 Å². The number of ketones is 1. The number of aliphatic hydroxyl groups excluding tert-OH is 3. The fourth-order valence-electron chi connectivity index (χ4n) is 5.90. The van der Waals surface area contributed by atoms with Gasteiger partial charge >= 0.3 is 11.9 Å². The van der Waals surface area contributed by atoms with Gasteiger partial charge in [-0.3, -0.25) is 14.4 Å². The van der Waals surface area contributed by atoms with Crippen molar-refractivity contribution in [1.82, 2.24) is 0 Å². The largest absolute Gasteiger partial charge is 0.461 e. The van der Waals surface area contributed by atoms with E-state index in [1.54, 1.807) is 19.9 Å². The van der Waals surface area contributed by atoms with Crippen LogP contribution in [0, 0.1) is 16.7 Å². The fourth-order valence-corrected chi connectivity index (χ4v) is 5.90. The molecule has 0 amide bonds. The number of esters is 2. The van der Waals surface area contributed by atoms with E-state index in [9.17, 15) is 29.7 Å². The summed E-state index contributed by atoms with van der Waals surface area (Å²) in [6.07, 6.45) is -3.25. The van der Waals surface area contributed by atoms with Gasteiger partial charge in [-0.15, -0.1) is 0 Å². The molecule has 1 saturated carbocycles. The molecule has 4 bridgehead atoms. The number of aliphatic hydroxyl groups is 3. The van der Waals surface area contributed by atoms with Crippen molar-refractivity contribution in [3.63, 3.8) is 0 Å². The van der Waals surface area contributed by atoms with E-state index < -0.39 is 65.0 Å². The second-order valence-electron chi connectivity index (χ2n) is 10.2. The van der Waals surface area contributed by atoms with Crippen molar-refractivity contribution >= 4 is 17.7 Å². The molecule has 0 aromatic rings. The van der Waals surface area contributed by atoms with E-state index in [1.165, 1.54) is 13.8 Å². The Hall–Kier alpha value is -2.03. The summed E-state index contributed by atoms with van der Waals surface area (Å²) in [7, 11) is 0. The van der Waals surface area contributed by atoms with E-state index in [0.29, 0.717) is 23.1 Å². The number of carbonyl (C=O) groups is 3. The van der Waals surface area contributed by atoms with Crippen molar-refractivity contribution in [2.24, 2.45) is 16.7 Å². The van der Waals surface area contributed by atoms with Crippen LogP contribution >= 0.6 is 0 Å². The van der Waals surface area contributed by atoms with Crippen molar-refractivity contribution in [1.29, 1.82) is 0 Å². The molecule has 7 atom stereocenters. The van der Waals surface area contributed by atoms with Crippen LogP contribution in [-0.4, -0.2) is 63.6 Å². The molecule has 0 radical (unpaired) electrons. The molecule has 3 aliphatic rings. The van der Waals surface area contributed by atoms with Gasteiger partial charge in [-0.05, 0) is 48.8 Å². The van der Waals surface area contributed by atoms with Crippen molar-refractivity contribution in [3.05, 3.63) is 22.8 Å². The highest BCUT2D eigenvalue weighted by Crippen LogP contribution is 2.52. The molecule has 3 aliphatic carbocycles.